The van der Waals surface area contributed by atoms with Gasteiger partial charge < -0.3 is 4.74 Å². The van der Waals surface area contributed by atoms with Crippen molar-refractivity contribution in [3.05, 3.63) is 24.8 Å². The van der Waals surface area contributed by atoms with Crippen molar-refractivity contribution in [1.29, 1.82) is 0 Å². The largest absolute Gasteiger partial charge is 0.458 e. The highest BCUT2D eigenvalue weighted by molar-refractivity contribution is 5.66. The molecule has 0 heterocycles. The van der Waals surface area contributed by atoms with Crippen LogP contribution in [-0.2, 0) is 9.53 Å². The van der Waals surface area contributed by atoms with E-state index in [2.05, 4.69) is 25.7 Å². The van der Waals surface area contributed by atoms with E-state index in [0.29, 0.717) is 0 Å². The van der Waals surface area contributed by atoms with E-state index >= 15 is 0 Å². The molecular formula is C13H22O2. The fraction of sp³-hybridized carbons (Fsp3) is 0.615. The van der Waals surface area contributed by atoms with Crippen molar-refractivity contribution in [3.8, 4) is 0 Å². The number of rotatable bonds is 8. The highest BCUT2D eigenvalue weighted by Gasteiger charge is 2.03. The zero-order valence-corrected chi connectivity index (χ0v) is 9.87. The zero-order valence-electron chi connectivity index (χ0n) is 9.87. The van der Waals surface area contributed by atoms with E-state index in [1.165, 1.54) is 26.2 Å². The smallest absolute Gasteiger partial charge is 0.303 e. The van der Waals surface area contributed by atoms with Crippen molar-refractivity contribution >= 4 is 5.97 Å². The van der Waals surface area contributed by atoms with Crippen molar-refractivity contribution in [2.24, 2.45) is 0 Å². The minimum atomic E-state index is -0.251. The van der Waals surface area contributed by atoms with Gasteiger partial charge in [0.05, 0.1) is 0 Å². The van der Waals surface area contributed by atoms with Gasteiger partial charge in [0, 0.05) is 13.3 Å². The standard InChI is InChI=1S/C13H22O2/c1-4-6-7-8-9-10-11-13(5-2)15-12(3)14/h5,9-10,13H,2,4,6-8,11H2,1,3H3/b10-9-. The zero-order chi connectivity index (χ0) is 11.5. The van der Waals surface area contributed by atoms with Crippen LogP contribution >= 0.6 is 0 Å². The van der Waals surface area contributed by atoms with Crippen LogP contribution in [0.2, 0.25) is 0 Å². The SMILES string of the molecule is C=CC(C/C=C\CCCCC)OC(C)=O. The molecule has 0 aromatic rings. The first-order valence-corrected chi connectivity index (χ1v) is 5.65. The summed E-state index contributed by atoms with van der Waals surface area (Å²) in [5, 5.41) is 0. The Kier molecular flexibility index (Phi) is 8.84. The number of hydrogen-bond donors (Lipinski definition) is 0. The van der Waals surface area contributed by atoms with Crippen molar-refractivity contribution in [2.45, 2.75) is 52.1 Å². The molecule has 2 heteroatoms. The van der Waals surface area contributed by atoms with Gasteiger partial charge in [0.25, 0.3) is 0 Å². The van der Waals surface area contributed by atoms with Gasteiger partial charge in [0.2, 0.25) is 0 Å². The summed E-state index contributed by atoms with van der Waals surface area (Å²) in [6.07, 6.45) is 11.3. The molecule has 2 nitrogen and oxygen atoms in total. The van der Waals surface area contributed by atoms with Crippen LogP contribution in [0.4, 0.5) is 0 Å². The van der Waals surface area contributed by atoms with Crippen LogP contribution in [0.15, 0.2) is 24.8 Å². The number of ether oxygens (including phenoxy) is 1. The predicted octanol–water partition coefficient (Wildman–Crippen LogP) is 3.63. The molecule has 0 amide bonds. The van der Waals surface area contributed by atoms with E-state index in [9.17, 15) is 4.79 Å². The van der Waals surface area contributed by atoms with Crippen molar-refractivity contribution in [3.63, 3.8) is 0 Å². The van der Waals surface area contributed by atoms with Gasteiger partial charge >= 0.3 is 5.97 Å². The molecule has 1 atom stereocenters. The third-order valence-electron chi connectivity index (χ3n) is 2.09. The number of esters is 1. The molecule has 0 aliphatic rings. The van der Waals surface area contributed by atoms with E-state index < -0.39 is 0 Å². The molecule has 0 rings (SSSR count). The van der Waals surface area contributed by atoms with Gasteiger partial charge in [-0.3, -0.25) is 4.79 Å². The monoisotopic (exact) mass is 210 g/mol. The van der Waals surface area contributed by atoms with Crippen LogP contribution < -0.4 is 0 Å². The summed E-state index contributed by atoms with van der Waals surface area (Å²) in [5.74, 6) is -0.251. The maximum absolute atomic E-state index is 10.7. The van der Waals surface area contributed by atoms with Gasteiger partial charge in [0.15, 0.2) is 0 Å². The average molecular weight is 210 g/mol. The van der Waals surface area contributed by atoms with E-state index in [1.807, 2.05) is 0 Å². The maximum atomic E-state index is 10.7. The minimum absolute atomic E-state index is 0.176. The Morgan fingerprint density at radius 2 is 2.13 bits per heavy atom. The lowest BCUT2D eigenvalue weighted by molar-refractivity contribution is -0.143. The van der Waals surface area contributed by atoms with Gasteiger partial charge in [-0.2, -0.15) is 0 Å². The number of carbonyl (C=O) groups is 1. The Morgan fingerprint density at radius 3 is 2.67 bits per heavy atom. The van der Waals surface area contributed by atoms with Crippen LogP contribution in [0.5, 0.6) is 0 Å². The summed E-state index contributed by atoms with van der Waals surface area (Å²) >= 11 is 0. The molecule has 15 heavy (non-hydrogen) atoms. The first-order valence-electron chi connectivity index (χ1n) is 5.65. The topological polar surface area (TPSA) is 26.3 Å². The molecule has 0 saturated heterocycles. The van der Waals surface area contributed by atoms with Gasteiger partial charge in [-0.05, 0) is 12.8 Å². The molecule has 86 valence electrons. The molecule has 0 spiro atoms. The highest BCUT2D eigenvalue weighted by Crippen LogP contribution is 2.04. The van der Waals surface area contributed by atoms with Gasteiger partial charge in [-0.15, -0.1) is 0 Å². The molecule has 0 saturated carbocycles. The fourth-order valence-corrected chi connectivity index (χ4v) is 1.27. The Balaban J connectivity index is 3.60. The molecule has 0 aliphatic heterocycles. The molecule has 0 radical (unpaired) electrons. The Bertz CT molecular complexity index is 207. The summed E-state index contributed by atoms with van der Waals surface area (Å²) in [6.45, 7) is 7.24. The van der Waals surface area contributed by atoms with E-state index in [-0.39, 0.29) is 12.1 Å². The second kappa shape index (κ2) is 9.50. The summed E-state index contributed by atoms with van der Waals surface area (Å²) in [7, 11) is 0. The minimum Gasteiger partial charge on any atom is -0.458 e. The van der Waals surface area contributed by atoms with Crippen molar-refractivity contribution in [2.75, 3.05) is 0 Å². The number of hydrogen-bond acceptors (Lipinski definition) is 2. The summed E-state index contributed by atoms with van der Waals surface area (Å²) < 4.78 is 5.02. The highest BCUT2D eigenvalue weighted by atomic mass is 16.5. The molecular weight excluding hydrogens is 188 g/mol. The number of unbranched alkanes of at least 4 members (excludes halogenated alkanes) is 3. The summed E-state index contributed by atoms with van der Waals surface area (Å²) in [6, 6.07) is 0. The molecule has 0 aliphatic carbocycles. The van der Waals surface area contributed by atoms with Crippen LogP contribution in [0.1, 0.15) is 46.0 Å². The summed E-state index contributed by atoms with van der Waals surface area (Å²) in [5.41, 5.74) is 0. The second-order valence-corrected chi connectivity index (χ2v) is 3.59. The predicted molar refractivity (Wildman–Crippen MR) is 63.7 cm³/mol. The lowest BCUT2D eigenvalue weighted by Crippen LogP contribution is -2.12. The number of allylic oxidation sites excluding steroid dienone is 1. The van der Waals surface area contributed by atoms with E-state index in [0.717, 1.165) is 12.8 Å². The summed E-state index contributed by atoms with van der Waals surface area (Å²) in [4.78, 5) is 10.7. The van der Waals surface area contributed by atoms with Gasteiger partial charge in [-0.1, -0.05) is 44.6 Å². The lowest BCUT2D eigenvalue weighted by atomic mass is 10.1. The van der Waals surface area contributed by atoms with Crippen molar-refractivity contribution < 1.29 is 9.53 Å². The van der Waals surface area contributed by atoms with E-state index in [1.54, 1.807) is 6.08 Å². The van der Waals surface area contributed by atoms with Gasteiger partial charge in [-0.25, -0.2) is 0 Å². The Hall–Kier alpha value is -1.05. The van der Waals surface area contributed by atoms with Crippen molar-refractivity contribution in [1.82, 2.24) is 0 Å². The Morgan fingerprint density at radius 1 is 1.40 bits per heavy atom. The third kappa shape index (κ3) is 9.26. The third-order valence-corrected chi connectivity index (χ3v) is 2.09. The van der Waals surface area contributed by atoms with Crippen LogP contribution in [-0.4, -0.2) is 12.1 Å². The molecule has 0 bridgehead atoms. The molecule has 0 N–H and O–H groups in total. The number of carbonyl (C=O) groups excluding carboxylic acids is 1. The maximum Gasteiger partial charge on any atom is 0.303 e. The first-order chi connectivity index (χ1) is 7.20. The van der Waals surface area contributed by atoms with Gasteiger partial charge in [0.1, 0.15) is 6.10 Å². The molecule has 1 unspecified atom stereocenters. The van der Waals surface area contributed by atoms with Crippen LogP contribution in [0.3, 0.4) is 0 Å². The molecule has 0 aromatic carbocycles. The second-order valence-electron chi connectivity index (χ2n) is 3.59. The molecule has 0 fully saturated rings. The van der Waals surface area contributed by atoms with Crippen LogP contribution in [0, 0.1) is 0 Å². The average Bonchev–Trinajstić information content (AvgIpc) is 2.20. The van der Waals surface area contributed by atoms with Crippen LogP contribution in [0.25, 0.3) is 0 Å². The first kappa shape index (κ1) is 13.9. The quantitative estimate of drug-likeness (QED) is 0.347. The normalized spacial score (nSPS) is 12.7. The fourth-order valence-electron chi connectivity index (χ4n) is 1.27. The lowest BCUT2D eigenvalue weighted by Gasteiger charge is -2.09. The van der Waals surface area contributed by atoms with E-state index in [4.69, 9.17) is 4.74 Å². The molecule has 0 aromatic heterocycles. The Labute approximate surface area is 93.0 Å².